The van der Waals surface area contributed by atoms with Gasteiger partial charge < -0.3 is 10.4 Å². The minimum absolute atomic E-state index is 0. The molecule has 2 atom stereocenters. The Morgan fingerprint density at radius 3 is 2.57 bits per heavy atom. The number of nitrogens with zero attached hydrogens (tertiary/aromatic N) is 3. The van der Waals surface area contributed by atoms with E-state index in [2.05, 4.69) is 10.4 Å². The molecule has 2 heterocycles. The second kappa shape index (κ2) is 9.21. The first kappa shape index (κ1) is 21.9. The number of carbonyl (C=O) groups is 2. The highest BCUT2D eigenvalue weighted by Crippen LogP contribution is 2.24. The van der Waals surface area contributed by atoms with Gasteiger partial charge in [-0.3, -0.25) is 14.5 Å². The largest absolute Gasteiger partial charge is 0.481 e. The van der Waals surface area contributed by atoms with Gasteiger partial charge in [-0.15, -0.1) is 12.4 Å². The molecule has 2 unspecified atom stereocenters. The van der Waals surface area contributed by atoms with Crippen LogP contribution in [0.5, 0.6) is 0 Å². The number of rotatable bonds is 5. The molecule has 1 amide bonds. The summed E-state index contributed by atoms with van der Waals surface area (Å²) in [4.78, 5) is 26.0. The Labute approximate surface area is 171 Å². The van der Waals surface area contributed by atoms with Crippen LogP contribution in [0.15, 0.2) is 30.3 Å². The monoisotopic (exact) mass is 406 g/mol. The summed E-state index contributed by atoms with van der Waals surface area (Å²) in [5, 5.41) is 16.8. The normalized spacial score (nSPS) is 18.2. The highest BCUT2D eigenvalue weighted by molar-refractivity contribution is 5.95. The van der Waals surface area contributed by atoms with E-state index in [1.54, 1.807) is 0 Å². The molecule has 1 fully saturated rings. The fraction of sp³-hybridized carbons (Fsp3) is 0.450. The van der Waals surface area contributed by atoms with Crippen LogP contribution in [-0.4, -0.2) is 50.8 Å². The number of anilines is 1. The Bertz CT molecular complexity index is 837. The maximum Gasteiger partial charge on any atom is 0.307 e. The van der Waals surface area contributed by atoms with Gasteiger partial charge in [0.2, 0.25) is 5.91 Å². The van der Waals surface area contributed by atoms with Gasteiger partial charge >= 0.3 is 5.97 Å². The summed E-state index contributed by atoms with van der Waals surface area (Å²) in [6.07, 6.45) is 1.46. The number of hydrogen-bond acceptors (Lipinski definition) is 4. The molecule has 1 aromatic heterocycles. The van der Waals surface area contributed by atoms with Gasteiger partial charge in [0.15, 0.2) is 0 Å². The first-order valence-corrected chi connectivity index (χ1v) is 9.28. The number of nitrogens with one attached hydrogen (secondary N) is 1. The molecule has 2 N–H and O–H groups in total. The van der Waals surface area contributed by atoms with Crippen molar-refractivity contribution in [1.29, 1.82) is 0 Å². The van der Waals surface area contributed by atoms with Crippen LogP contribution in [0.2, 0.25) is 0 Å². The van der Waals surface area contributed by atoms with Gasteiger partial charge in [0.25, 0.3) is 0 Å². The summed E-state index contributed by atoms with van der Waals surface area (Å²) in [7, 11) is 0. The third-order valence-electron chi connectivity index (χ3n) is 5.27. The number of halogens is 1. The highest BCUT2D eigenvalue weighted by Gasteiger charge is 2.31. The molecule has 3 rings (SSSR count). The van der Waals surface area contributed by atoms with Crippen molar-refractivity contribution in [1.82, 2.24) is 14.7 Å². The molecular formula is C20H27ClN4O3. The number of hydrogen-bond donors (Lipinski definition) is 2. The average molecular weight is 407 g/mol. The maximum absolute atomic E-state index is 12.8. The highest BCUT2D eigenvalue weighted by atomic mass is 35.5. The molecule has 1 saturated heterocycles. The van der Waals surface area contributed by atoms with Gasteiger partial charge in [0.05, 0.1) is 34.7 Å². The number of aryl methyl sites for hydroxylation is 1. The van der Waals surface area contributed by atoms with Gasteiger partial charge in [-0.25, -0.2) is 4.68 Å². The molecular weight excluding hydrogens is 380 g/mol. The first-order chi connectivity index (χ1) is 12.9. The standard InChI is InChI=1S/C20H26N4O3.ClH/c1-13-18(14(2)24(22-13)17-9-5-4-6-10-17)21-19(25)15(3)23-11-7-8-16(12-23)20(26)27;/h4-6,9-10,15-16H,7-8,11-12H2,1-3H3,(H,21,25)(H,26,27);1H. The van der Waals surface area contributed by atoms with Crippen molar-refractivity contribution in [3.63, 3.8) is 0 Å². The molecule has 1 aliphatic heterocycles. The van der Waals surface area contributed by atoms with Crippen molar-refractivity contribution in [2.24, 2.45) is 5.92 Å². The summed E-state index contributed by atoms with van der Waals surface area (Å²) in [5.74, 6) is -1.33. The first-order valence-electron chi connectivity index (χ1n) is 9.28. The van der Waals surface area contributed by atoms with Crippen LogP contribution in [0.3, 0.4) is 0 Å². The lowest BCUT2D eigenvalue weighted by molar-refractivity contribution is -0.144. The lowest BCUT2D eigenvalue weighted by Crippen LogP contribution is -2.48. The number of aromatic nitrogens is 2. The zero-order valence-electron chi connectivity index (χ0n) is 16.4. The molecule has 1 aromatic carbocycles. The molecule has 0 spiro atoms. The number of amides is 1. The molecule has 1 aliphatic rings. The summed E-state index contributed by atoms with van der Waals surface area (Å²) in [6.45, 7) is 6.76. The van der Waals surface area contributed by atoms with E-state index in [9.17, 15) is 14.7 Å². The zero-order valence-corrected chi connectivity index (χ0v) is 17.2. The lowest BCUT2D eigenvalue weighted by Gasteiger charge is -2.34. The molecule has 0 bridgehead atoms. The van der Waals surface area contributed by atoms with E-state index in [0.717, 1.165) is 30.0 Å². The number of carboxylic acid groups (broad SMARTS) is 1. The van der Waals surface area contributed by atoms with Gasteiger partial charge in [0.1, 0.15) is 0 Å². The van der Waals surface area contributed by atoms with Gasteiger partial charge in [-0.05, 0) is 52.3 Å². The quantitative estimate of drug-likeness (QED) is 0.796. The third-order valence-corrected chi connectivity index (χ3v) is 5.27. The van der Waals surface area contributed by atoms with E-state index in [-0.39, 0.29) is 18.3 Å². The van der Waals surface area contributed by atoms with Crippen LogP contribution in [-0.2, 0) is 9.59 Å². The van der Waals surface area contributed by atoms with E-state index in [0.29, 0.717) is 18.7 Å². The van der Waals surface area contributed by atoms with E-state index in [1.807, 2.05) is 60.7 Å². The average Bonchev–Trinajstić information content (AvgIpc) is 2.96. The Morgan fingerprint density at radius 2 is 1.93 bits per heavy atom. The number of benzene rings is 1. The summed E-state index contributed by atoms with van der Waals surface area (Å²) in [6, 6.07) is 9.37. The van der Waals surface area contributed by atoms with Crippen molar-refractivity contribution in [3.05, 3.63) is 41.7 Å². The van der Waals surface area contributed by atoms with Crippen molar-refractivity contribution in [3.8, 4) is 5.69 Å². The van der Waals surface area contributed by atoms with E-state index < -0.39 is 17.9 Å². The fourth-order valence-corrected chi connectivity index (χ4v) is 3.60. The number of para-hydroxylation sites is 1. The predicted molar refractivity (Wildman–Crippen MR) is 110 cm³/mol. The van der Waals surface area contributed by atoms with Crippen LogP contribution in [0.1, 0.15) is 31.2 Å². The second-order valence-corrected chi connectivity index (χ2v) is 7.13. The van der Waals surface area contributed by atoms with Crippen molar-refractivity contribution in [2.45, 2.75) is 39.7 Å². The topological polar surface area (TPSA) is 87.5 Å². The Kier molecular flexibility index (Phi) is 7.21. The molecule has 0 radical (unpaired) electrons. The van der Waals surface area contributed by atoms with Gasteiger partial charge in [-0.2, -0.15) is 5.10 Å². The Balaban J connectivity index is 0.00000280. The SMILES string of the molecule is Cc1nn(-c2ccccc2)c(C)c1NC(=O)C(C)N1CCCC(C(=O)O)C1.Cl. The number of likely N-dealkylation sites (tertiary alicyclic amines) is 1. The third kappa shape index (κ3) is 4.54. The lowest BCUT2D eigenvalue weighted by atomic mass is 9.97. The van der Waals surface area contributed by atoms with Crippen LogP contribution < -0.4 is 5.32 Å². The number of carbonyl (C=O) groups excluding carboxylic acids is 1. The van der Waals surface area contributed by atoms with E-state index in [4.69, 9.17) is 0 Å². The van der Waals surface area contributed by atoms with Crippen molar-refractivity contribution >= 4 is 30.0 Å². The summed E-state index contributed by atoms with van der Waals surface area (Å²) >= 11 is 0. The number of carboxylic acids is 1. The summed E-state index contributed by atoms with van der Waals surface area (Å²) < 4.78 is 1.82. The minimum atomic E-state index is -0.789. The van der Waals surface area contributed by atoms with Crippen molar-refractivity contribution in [2.75, 3.05) is 18.4 Å². The van der Waals surface area contributed by atoms with Gasteiger partial charge in [-0.1, -0.05) is 18.2 Å². The molecule has 2 aromatic rings. The van der Waals surface area contributed by atoms with Crippen LogP contribution in [0.4, 0.5) is 5.69 Å². The smallest absolute Gasteiger partial charge is 0.307 e. The molecule has 152 valence electrons. The van der Waals surface area contributed by atoms with Crippen LogP contribution in [0.25, 0.3) is 5.69 Å². The maximum atomic E-state index is 12.8. The predicted octanol–water partition coefficient (Wildman–Crippen LogP) is 3.03. The van der Waals surface area contributed by atoms with E-state index >= 15 is 0 Å². The zero-order chi connectivity index (χ0) is 19.6. The van der Waals surface area contributed by atoms with Crippen LogP contribution >= 0.6 is 12.4 Å². The number of piperidine rings is 1. The molecule has 7 nitrogen and oxygen atoms in total. The second-order valence-electron chi connectivity index (χ2n) is 7.13. The molecule has 8 heteroatoms. The molecule has 0 aliphatic carbocycles. The van der Waals surface area contributed by atoms with Gasteiger partial charge in [0, 0.05) is 6.54 Å². The Morgan fingerprint density at radius 1 is 1.25 bits per heavy atom. The Hall–Kier alpha value is -2.38. The van der Waals surface area contributed by atoms with Crippen molar-refractivity contribution < 1.29 is 14.7 Å². The fourth-order valence-electron chi connectivity index (χ4n) is 3.60. The molecule has 0 saturated carbocycles. The number of aliphatic carboxylic acids is 1. The summed E-state index contributed by atoms with van der Waals surface area (Å²) in [5.41, 5.74) is 3.26. The minimum Gasteiger partial charge on any atom is -0.481 e. The van der Waals surface area contributed by atoms with Crippen LogP contribution in [0, 0.1) is 19.8 Å². The molecule has 28 heavy (non-hydrogen) atoms. The van der Waals surface area contributed by atoms with E-state index in [1.165, 1.54) is 0 Å².